The average molecular weight is 485 g/mol. The van der Waals surface area contributed by atoms with Crippen LogP contribution in [0.4, 0.5) is 5.69 Å². The number of thioether (sulfide) groups is 2. The van der Waals surface area contributed by atoms with Gasteiger partial charge in [0.1, 0.15) is 0 Å². The molecule has 0 fully saturated rings. The maximum atomic E-state index is 13.0. The van der Waals surface area contributed by atoms with Crippen LogP contribution in [0, 0.1) is 6.92 Å². The Labute approximate surface area is 200 Å². The van der Waals surface area contributed by atoms with Crippen LogP contribution in [0.1, 0.15) is 34.4 Å². The van der Waals surface area contributed by atoms with Gasteiger partial charge in [0.05, 0.1) is 22.0 Å². The Morgan fingerprint density at radius 2 is 1.97 bits per heavy atom. The number of amides is 1. The molecule has 2 heterocycles. The molecule has 2 aromatic carbocycles. The summed E-state index contributed by atoms with van der Waals surface area (Å²) in [5, 5.41) is 3.47. The Hall–Kier alpha value is -2.29. The van der Waals surface area contributed by atoms with Gasteiger partial charge in [-0.25, -0.2) is 9.78 Å². The molecule has 3 aromatic rings. The van der Waals surface area contributed by atoms with Gasteiger partial charge in [-0.1, -0.05) is 31.2 Å². The number of anilines is 1. The summed E-state index contributed by atoms with van der Waals surface area (Å²) >= 11 is 4.93. The maximum Gasteiger partial charge on any atom is 0.339 e. The molecule has 0 aliphatic carbocycles. The van der Waals surface area contributed by atoms with E-state index in [1.165, 1.54) is 0 Å². The number of hydrogen-bond acceptors (Lipinski definition) is 7. The summed E-state index contributed by atoms with van der Waals surface area (Å²) in [5.41, 5.74) is 2.35. The fourth-order valence-electron chi connectivity index (χ4n) is 3.42. The third-order valence-corrected chi connectivity index (χ3v) is 8.19. The van der Waals surface area contributed by atoms with E-state index in [1.54, 1.807) is 51.9 Å². The van der Waals surface area contributed by atoms with Crippen LogP contribution in [-0.2, 0) is 15.3 Å². The second kappa shape index (κ2) is 10.6. The van der Waals surface area contributed by atoms with Gasteiger partial charge in [0.15, 0.2) is 6.61 Å². The SMILES string of the molecule is Cc1nc(CSc2ccccc2C(=O)OCC(=O)N2CCC(C)Sc3ccccc32)cs1. The molecule has 166 valence electrons. The molecule has 1 unspecified atom stereocenters. The van der Waals surface area contributed by atoms with Crippen molar-refractivity contribution < 1.29 is 14.3 Å². The van der Waals surface area contributed by atoms with E-state index in [2.05, 4.69) is 11.9 Å². The first-order chi connectivity index (χ1) is 15.5. The maximum absolute atomic E-state index is 13.0. The van der Waals surface area contributed by atoms with Gasteiger partial charge in [-0.05, 0) is 37.6 Å². The molecule has 5 nitrogen and oxygen atoms in total. The Morgan fingerprint density at radius 1 is 1.19 bits per heavy atom. The lowest BCUT2D eigenvalue weighted by Crippen LogP contribution is -2.35. The van der Waals surface area contributed by atoms with Gasteiger partial charge in [0.2, 0.25) is 0 Å². The van der Waals surface area contributed by atoms with Crippen LogP contribution in [0.15, 0.2) is 63.7 Å². The molecule has 1 aliphatic heterocycles. The van der Waals surface area contributed by atoms with E-state index in [1.807, 2.05) is 48.7 Å². The number of aryl methyl sites for hydroxylation is 1. The lowest BCUT2D eigenvalue weighted by Gasteiger charge is -2.22. The molecule has 0 saturated heterocycles. The van der Waals surface area contributed by atoms with Crippen molar-refractivity contribution in [3.8, 4) is 0 Å². The molecule has 32 heavy (non-hydrogen) atoms. The van der Waals surface area contributed by atoms with E-state index in [0.29, 0.717) is 23.1 Å². The molecule has 1 atom stereocenters. The summed E-state index contributed by atoms with van der Waals surface area (Å²) in [5.74, 6) is -0.0149. The van der Waals surface area contributed by atoms with Gasteiger partial charge < -0.3 is 9.64 Å². The zero-order valence-electron chi connectivity index (χ0n) is 17.9. The Balaban J connectivity index is 1.41. The van der Waals surface area contributed by atoms with Crippen molar-refractivity contribution in [3.63, 3.8) is 0 Å². The van der Waals surface area contributed by atoms with E-state index in [4.69, 9.17) is 4.74 Å². The van der Waals surface area contributed by atoms with Crippen LogP contribution < -0.4 is 4.90 Å². The molecule has 1 amide bonds. The highest BCUT2D eigenvalue weighted by Gasteiger charge is 2.25. The summed E-state index contributed by atoms with van der Waals surface area (Å²) in [6, 6.07) is 15.2. The standard InChI is InChI=1S/C24H24N2O3S3/c1-16-11-12-26(20-8-4-6-10-22(20)32-16)23(27)13-29-24(28)19-7-3-5-9-21(19)31-15-18-14-30-17(2)25-18/h3-10,14,16H,11-13,15H2,1-2H3. The first kappa shape index (κ1) is 22.9. The van der Waals surface area contributed by atoms with E-state index in [9.17, 15) is 9.59 Å². The summed E-state index contributed by atoms with van der Waals surface area (Å²) < 4.78 is 5.46. The molecule has 0 radical (unpaired) electrons. The van der Waals surface area contributed by atoms with Crippen LogP contribution in [-0.4, -0.2) is 35.3 Å². The number of ether oxygens (including phenoxy) is 1. The Kier molecular flexibility index (Phi) is 7.55. The van der Waals surface area contributed by atoms with Crippen molar-refractivity contribution in [2.24, 2.45) is 0 Å². The zero-order valence-corrected chi connectivity index (χ0v) is 20.4. The van der Waals surface area contributed by atoms with Crippen molar-refractivity contribution in [2.45, 2.75) is 41.1 Å². The minimum atomic E-state index is -0.484. The van der Waals surface area contributed by atoms with Gasteiger partial charge in [-0.15, -0.1) is 34.9 Å². The number of para-hydroxylation sites is 1. The molecule has 1 aromatic heterocycles. The Morgan fingerprint density at radius 3 is 2.78 bits per heavy atom. The lowest BCUT2D eigenvalue weighted by molar-refractivity contribution is -0.121. The second-order valence-corrected chi connectivity index (χ2v) is 11.0. The van der Waals surface area contributed by atoms with E-state index in [-0.39, 0.29) is 12.5 Å². The normalized spacial score (nSPS) is 15.7. The number of nitrogens with zero attached hydrogens (tertiary/aromatic N) is 2. The van der Waals surface area contributed by atoms with E-state index in [0.717, 1.165) is 32.6 Å². The summed E-state index contributed by atoms with van der Waals surface area (Å²) in [6.45, 7) is 4.47. The predicted molar refractivity (Wildman–Crippen MR) is 132 cm³/mol. The first-order valence-corrected chi connectivity index (χ1v) is 13.1. The van der Waals surface area contributed by atoms with Crippen LogP contribution >= 0.6 is 34.9 Å². The smallest absolute Gasteiger partial charge is 0.339 e. The predicted octanol–water partition coefficient (Wildman–Crippen LogP) is 5.82. The van der Waals surface area contributed by atoms with Crippen LogP contribution in [0.5, 0.6) is 0 Å². The highest BCUT2D eigenvalue weighted by molar-refractivity contribution is 8.00. The fraction of sp³-hybridized carbons (Fsp3) is 0.292. The average Bonchev–Trinajstić information content (AvgIpc) is 3.14. The molecule has 8 heteroatoms. The monoisotopic (exact) mass is 484 g/mol. The largest absolute Gasteiger partial charge is 0.452 e. The summed E-state index contributed by atoms with van der Waals surface area (Å²) in [7, 11) is 0. The van der Waals surface area contributed by atoms with Crippen LogP contribution in [0.3, 0.4) is 0 Å². The van der Waals surface area contributed by atoms with Gasteiger partial charge in [-0.3, -0.25) is 4.79 Å². The number of rotatable bonds is 6. The number of aromatic nitrogens is 1. The molecule has 0 N–H and O–H groups in total. The number of esters is 1. The van der Waals surface area contributed by atoms with Crippen molar-refractivity contribution in [2.75, 3.05) is 18.1 Å². The molecule has 0 saturated carbocycles. The van der Waals surface area contributed by atoms with Gasteiger partial charge >= 0.3 is 5.97 Å². The van der Waals surface area contributed by atoms with Crippen LogP contribution in [0.25, 0.3) is 0 Å². The molecular weight excluding hydrogens is 460 g/mol. The quantitative estimate of drug-likeness (QED) is 0.325. The van der Waals surface area contributed by atoms with Gasteiger partial charge in [-0.2, -0.15) is 0 Å². The molecule has 4 rings (SSSR count). The third-order valence-electron chi connectivity index (χ3n) is 5.02. The van der Waals surface area contributed by atoms with Gasteiger partial charge in [0, 0.05) is 32.7 Å². The van der Waals surface area contributed by atoms with Crippen molar-refractivity contribution in [1.82, 2.24) is 4.98 Å². The zero-order chi connectivity index (χ0) is 22.5. The van der Waals surface area contributed by atoms with Crippen molar-refractivity contribution >= 4 is 52.4 Å². The summed E-state index contributed by atoms with van der Waals surface area (Å²) in [6.07, 6.45) is 0.884. The topological polar surface area (TPSA) is 59.5 Å². The highest BCUT2D eigenvalue weighted by Crippen LogP contribution is 2.37. The molecule has 0 spiro atoms. The highest BCUT2D eigenvalue weighted by atomic mass is 32.2. The van der Waals surface area contributed by atoms with E-state index < -0.39 is 5.97 Å². The number of benzene rings is 2. The fourth-order valence-corrected chi connectivity index (χ4v) is 6.18. The van der Waals surface area contributed by atoms with Crippen LogP contribution in [0.2, 0.25) is 0 Å². The second-order valence-electron chi connectivity index (χ2n) is 7.45. The van der Waals surface area contributed by atoms with Crippen molar-refractivity contribution in [3.05, 3.63) is 70.2 Å². The third kappa shape index (κ3) is 5.54. The van der Waals surface area contributed by atoms with Gasteiger partial charge in [0.25, 0.3) is 5.91 Å². The minimum absolute atomic E-state index is 0.205. The number of fused-ring (bicyclic) bond motifs is 1. The number of hydrogen-bond donors (Lipinski definition) is 0. The molecule has 0 bridgehead atoms. The number of carbonyl (C=O) groups is 2. The molecule has 1 aliphatic rings. The Bertz CT molecular complexity index is 1120. The molecular formula is C24H24N2O3S3. The minimum Gasteiger partial charge on any atom is -0.452 e. The first-order valence-electron chi connectivity index (χ1n) is 10.4. The lowest BCUT2D eigenvalue weighted by atomic mass is 10.2. The number of carbonyl (C=O) groups excluding carboxylic acids is 2. The van der Waals surface area contributed by atoms with Crippen molar-refractivity contribution in [1.29, 1.82) is 0 Å². The number of thiazole rings is 1. The van der Waals surface area contributed by atoms with E-state index >= 15 is 0 Å². The summed E-state index contributed by atoms with van der Waals surface area (Å²) in [4.78, 5) is 33.9.